The fourth-order valence-corrected chi connectivity index (χ4v) is 4.63. The fraction of sp³-hybridized carbons (Fsp3) is 0.292. The van der Waals surface area contributed by atoms with Crippen LogP contribution in [-0.2, 0) is 9.53 Å². The molecule has 1 aromatic carbocycles. The van der Waals surface area contributed by atoms with Crippen molar-refractivity contribution in [1.82, 2.24) is 10.3 Å². The molecule has 4 rings (SSSR count). The minimum absolute atomic E-state index is 0.319. The number of rotatable bonds is 7. The van der Waals surface area contributed by atoms with Crippen molar-refractivity contribution < 1.29 is 14.3 Å². The summed E-state index contributed by atoms with van der Waals surface area (Å²) in [7, 11) is 0. The maximum atomic E-state index is 13.0. The molecule has 0 saturated carbocycles. The summed E-state index contributed by atoms with van der Waals surface area (Å²) in [5, 5.41) is 8.04. The first-order chi connectivity index (χ1) is 16.1. The van der Waals surface area contributed by atoms with Gasteiger partial charge in [-0.05, 0) is 66.6 Å². The smallest absolute Gasteiger partial charge is 0.412 e. The van der Waals surface area contributed by atoms with E-state index in [-0.39, 0.29) is 5.91 Å². The number of benzene rings is 1. The number of halogens is 1. The van der Waals surface area contributed by atoms with Gasteiger partial charge in [0, 0.05) is 48.4 Å². The third-order valence-corrected chi connectivity index (χ3v) is 6.73. The predicted octanol–water partition coefficient (Wildman–Crippen LogP) is 5.12. The lowest BCUT2D eigenvalue weighted by atomic mass is 9.96. The largest absolute Gasteiger partial charge is 0.430 e. The standard InChI is InChI=1S/C24H25ClN4O3S/c25-18-3-5-19(6-4-18)28-24(31)32-22(21-2-1-15-33-21)23(30)27-16-17-9-13-29(14-10-17)20-7-11-26-12-8-20/h1-8,11-12,15,17,22H,9-10,13-14,16H2,(H,27,30)(H,28,31). The molecule has 3 aromatic rings. The van der Waals surface area contributed by atoms with Gasteiger partial charge in [0.05, 0.1) is 4.88 Å². The van der Waals surface area contributed by atoms with E-state index in [1.807, 2.05) is 23.6 Å². The fourth-order valence-electron chi connectivity index (χ4n) is 3.76. The Kier molecular flexibility index (Phi) is 7.80. The lowest BCUT2D eigenvalue weighted by Crippen LogP contribution is -2.40. The number of thiophene rings is 1. The Balaban J connectivity index is 1.30. The summed E-state index contributed by atoms with van der Waals surface area (Å²) in [4.78, 5) is 32.5. The Hall–Kier alpha value is -3.10. The summed E-state index contributed by atoms with van der Waals surface area (Å²) in [6.07, 6.45) is 3.85. The normalized spacial score (nSPS) is 15.0. The summed E-state index contributed by atoms with van der Waals surface area (Å²) in [5.74, 6) is 0.0548. The van der Waals surface area contributed by atoms with Crippen molar-refractivity contribution in [2.24, 2.45) is 5.92 Å². The second kappa shape index (κ2) is 11.2. The van der Waals surface area contributed by atoms with Crippen LogP contribution in [0.3, 0.4) is 0 Å². The molecule has 0 aliphatic carbocycles. The number of ether oxygens (including phenoxy) is 1. The average molecular weight is 485 g/mol. The van der Waals surface area contributed by atoms with Gasteiger partial charge in [0.25, 0.3) is 5.91 Å². The van der Waals surface area contributed by atoms with E-state index in [2.05, 4.69) is 20.5 Å². The monoisotopic (exact) mass is 484 g/mol. The van der Waals surface area contributed by atoms with Crippen LogP contribution in [-0.4, -0.2) is 36.6 Å². The van der Waals surface area contributed by atoms with E-state index in [9.17, 15) is 9.59 Å². The van der Waals surface area contributed by atoms with Gasteiger partial charge in [-0.25, -0.2) is 4.79 Å². The quantitative estimate of drug-likeness (QED) is 0.486. The molecule has 0 bridgehead atoms. The molecule has 0 radical (unpaired) electrons. The van der Waals surface area contributed by atoms with E-state index in [0.29, 0.717) is 28.0 Å². The van der Waals surface area contributed by atoms with Crippen molar-refractivity contribution in [2.45, 2.75) is 18.9 Å². The van der Waals surface area contributed by atoms with Gasteiger partial charge in [0.1, 0.15) is 0 Å². The lowest BCUT2D eigenvalue weighted by Gasteiger charge is -2.33. The van der Waals surface area contributed by atoms with Gasteiger partial charge in [-0.3, -0.25) is 15.1 Å². The SMILES string of the molecule is O=C(Nc1ccc(Cl)cc1)OC(C(=O)NCC1CCN(c2ccncc2)CC1)c1cccs1. The number of anilines is 2. The van der Waals surface area contributed by atoms with Crippen molar-refractivity contribution in [3.05, 3.63) is 76.2 Å². The zero-order valence-electron chi connectivity index (χ0n) is 17.9. The zero-order valence-corrected chi connectivity index (χ0v) is 19.5. The molecule has 2 aromatic heterocycles. The Bertz CT molecular complexity index is 1040. The number of piperidine rings is 1. The van der Waals surface area contributed by atoms with E-state index in [4.69, 9.17) is 16.3 Å². The Labute approximate surface area is 201 Å². The number of hydrogen-bond acceptors (Lipinski definition) is 6. The summed E-state index contributed by atoms with van der Waals surface area (Å²) in [6, 6.07) is 14.3. The van der Waals surface area contributed by atoms with Crippen LogP contribution in [0.15, 0.2) is 66.3 Å². The third kappa shape index (κ3) is 6.46. The van der Waals surface area contributed by atoms with Crippen LogP contribution < -0.4 is 15.5 Å². The van der Waals surface area contributed by atoms with Crippen LogP contribution in [0, 0.1) is 5.92 Å². The van der Waals surface area contributed by atoms with E-state index < -0.39 is 12.2 Å². The van der Waals surface area contributed by atoms with Crippen molar-refractivity contribution >= 4 is 46.3 Å². The van der Waals surface area contributed by atoms with Gasteiger partial charge in [0.2, 0.25) is 6.10 Å². The van der Waals surface area contributed by atoms with Crippen LogP contribution in [0.4, 0.5) is 16.2 Å². The molecule has 3 heterocycles. The van der Waals surface area contributed by atoms with Crippen LogP contribution in [0.2, 0.25) is 5.02 Å². The Morgan fingerprint density at radius 1 is 1.12 bits per heavy atom. The summed E-state index contributed by atoms with van der Waals surface area (Å²) in [5.41, 5.74) is 1.71. The van der Waals surface area contributed by atoms with Gasteiger partial charge in [-0.2, -0.15) is 0 Å². The van der Waals surface area contributed by atoms with Crippen molar-refractivity contribution in [1.29, 1.82) is 0 Å². The number of hydrogen-bond donors (Lipinski definition) is 2. The molecule has 1 aliphatic rings. The molecular formula is C24H25ClN4O3S. The molecule has 1 saturated heterocycles. The highest BCUT2D eigenvalue weighted by Crippen LogP contribution is 2.25. The maximum Gasteiger partial charge on any atom is 0.412 e. The second-order valence-corrected chi connectivity index (χ2v) is 9.23. The molecule has 2 N–H and O–H groups in total. The number of carbonyl (C=O) groups excluding carboxylic acids is 2. The molecule has 172 valence electrons. The van der Waals surface area contributed by atoms with E-state index >= 15 is 0 Å². The number of aromatic nitrogens is 1. The minimum Gasteiger partial charge on any atom is -0.430 e. The number of carbonyl (C=O) groups is 2. The van der Waals surface area contributed by atoms with E-state index in [0.717, 1.165) is 25.9 Å². The van der Waals surface area contributed by atoms with Crippen LogP contribution >= 0.6 is 22.9 Å². The van der Waals surface area contributed by atoms with Crippen LogP contribution in [0.25, 0.3) is 0 Å². The first kappa shape index (κ1) is 23.1. The molecule has 33 heavy (non-hydrogen) atoms. The minimum atomic E-state index is -1.01. The first-order valence-corrected chi connectivity index (χ1v) is 12.0. The molecular weight excluding hydrogens is 460 g/mol. The van der Waals surface area contributed by atoms with Gasteiger partial charge in [-0.15, -0.1) is 11.3 Å². The zero-order chi connectivity index (χ0) is 23.0. The van der Waals surface area contributed by atoms with Gasteiger partial charge < -0.3 is 15.0 Å². The first-order valence-electron chi connectivity index (χ1n) is 10.8. The number of nitrogens with zero attached hydrogens (tertiary/aromatic N) is 2. The van der Waals surface area contributed by atoms with Gasteiger partial charge in [0.15, 0.2) is 0 Å². The molecule has 1 aliphatic heterocycles. The Morgan fingerprint density at radius 2 is 1.85 bits per heavy atom. The summed E-state index contributed by atoms with van der Waals surface area (Å²) >= 11 is 7.25. The Morgan fingerprint density at radius 3 is 2.52 bits per heavy atom. The average Bonchev–Trinajstić information content (AvgIpc) is 3.38. The topological polar surface area (TPSA) is 83.6 Å². The third-order valence-electron chi connectivity index (χ3n) is 5.56. The highest BCUT2D eigenvalue weighted by molar-refractivity contribution is 7.10. The van der Waals surface area contributed by atoms with Crippen LogP contribution in [0.1, 0.15) is 23.8 Å². The molecule has 9 heteroatoms. The highest BCUT2D eigenvalue weighted by atomic mass is 35.5. The lowest BCUT2D eigenvalue weighted by molar-refractivity contribution is -0.129. The predicted molar refractivity (Wildman–Crippen MR) is 131 cm³/mol. The molecule has 2 amide bonds. The number of pyridine rings is 1. The van der Waals surface area contributed by atoms with Crippen LogP contribution in [0.5, 0.6) is 0 Å². The molecule has 1 atom stereocenters. The maximum absolute atomic E-state index is 13.0. The van der Waals surface area contributed by atoms with Gasteiger partial charge >= 0.3 is 6.09 Å². The molecule has 7 nitrogen and oxygen atoms in total. The van der Waals surface area contributed by atoms with E-state index in [1.165, 1.54) is 17.0 Å². The van der Waals surface area contributed by atoms with Crippen molar-refractivity contribution in [3.8, 4) is 0 Å². The molecule has 1 unspecified atom stereocenters. The molecule has 0 spiro atoms. The van der Waals surface area contributed by atoms with Crippen molar-refractivity contribution in [2.75, 3.05) is 29.9 Å². The summed E-state index contributed by atoms with van der Waals surface area (Å²) in [6.45, 7) is 2.41. The van der Waals surface area contributed by atoms with Crippen molar-refractivity contribution in [3.63, 3.8) is 0 Å². The van der Waals surface area contributed by atoms with Gasteiger partial charge in [-0.1, -0.05) is 17.7 Å². The summed E-state index contributed by atoms with van der Waals surface area (Å²) < 4.78 is 5.51. The highest BCUT2D eigenvalue weighted by Gasteiger charge is 2.27. The number of nitrogens with one attached hydrogen (secondary N) is 2. The number of amides is 2. The second-order valence-electron chi connectivity index (χ2n) is 7.81. The van der Waals surface area contributed by atoms with E-state index in [1.54, 1.807) is 42.7 Å². The molecule has 1 fully saturated rings.